The van der Waals surface area contributed by atoms with Gasteiger partial charge in [0, 0.05) is 30.3 Å². The number of nitrogens with zero attached hydrogens (tertiary/aromatic N) is 2. The Morgan fingerprint density at radius 3 is 2.27 bits per heavy atom. The molecule has 0 unspecified atom stereocenters. The molecule has 0 fully saturated rings. The molecule has 1 N–H and O–H groups in total. The number of hydrogen-bond donors (Lipinski definition) is 1. The third-order valence-corrected chi connectivity index (χ3v) is 4.89. The highest BCUT2D eigenvalue weighted by atomic mass is 16.6. The number of nitro groups is 1. The van der Waals surface area contributed by atoms with E-state index >= 15 is 0 Å². The Hall–Kier alpha value is -3.74. The summed E-state index contributed by atoms with van der Waals surface area (Å²) >= 11 is 0. The van der Waals surface area contributed by atoms with Crippen molar-refractivity contribution in [1.82, 2.24) is 4.57 Å². The van der Waals surface area contributed by atoms with E-state index in [1.165, 1.54) is 12.1 Å². The van der Waals surface area contributed by atoms with Crippen molar-refractivity contribution >= 4 is 11.7 Å². The fourth-order valence-corrected chi connectivity index (χ4v) is 3.26. The van der Waals surface area contributed by atoms with Crippen LogP contribution in [0, 0.1) is 10.1 Å². The largest absolute Gasteiger partial charge is 0.481 e. The lowest BCUT2D eigenvalue weighted by atomic mass is 10.0. The van der Waals surface area contributed by atoms with Gasteiger partial charge in [0.2, 0.25) is 0 Å². The Balaban J connectivity index is 1.70. The van der Waals surface area contributed by atoms with Crippen LogP contribution in [0.15, 0.2) is 71.7 Å². The molecule has 7 nitrogen and oxygen atoms in total. The number of non-ortho nitro benzene ring substituents is 1. The highest BCUT2D eigenvalue weighted by molar-refractivity contribution is 5.66. The topological polar surface area (TPSA) is 102 Å². The lowest BCUT2D eigenvalue weighted by molar-refractivity contribution is -0.384. The molecule has 3 rings (SSSR count). The van der Waals surface area contributed by atoms with E-state index < -0.39 is 10.9 Å². The van der Waals surface area contributed by atoms with Crippen LogP contribution < -0.4 is 5.56 Å². The third kappa shape index (κ3) is 5.41. The summed E-state index contributed by atoms with van der Waals surface area (Å²) in [5, 5.41) is 19.5. The normalized spacial score (nSPS) is 10.7. The summed E-state index contributed by atoms with van der Waals surface area (Å²) in [7, 11) is 0. The van der Waals surface area contributed by atoms with E-state index in [1.807, 2.05) is 24.3 Å². The number of unbranched alkanes of at least 4 members (excludes halogenated alkanes) is 1. The van der Waals surface area contributed by atoms with Gasteiger partial charge in [0.1, 0.15) is 0 Å². The summed E-state index contributed by atoms with van der Waals surface area (Å²) in [5.41, 5.74) is 3.06. The minimum absolute atomic E-state index is 0.0157. The first kappa shape index (κ1) is 21.0. The molecule has 0 amide bonds. The van der Waals surface area contributed by atoms with Crippen LogP contribution in [-0.4, -0.2) is 20.6 Å². The average molecular weight is 406 g/mol. The molecule has 1 heterocycles. The second kappa shape index (κ2) is 9.65. The Kier molecular flexibility index (Phi) is 6.75. The molecule has 2 aromatic carbocycles. The maximum Gasteiger partial charge on any atom is 0.303 e. The van der Waals surface area contributed by atoms with Gasteiger partial charge in [0.05, 0.1) is 11.5 Å². The van der Waals surface area contributed by atoms with Gasteiger partial charge in [0.15, 0.2) is 0 Å². The van der Waals surface area contributed by atoms with Crippen molar-refractivity contribution in [2.24, 2.45) is 0 Å². The Morgan fingerprint density at radius 2 is 1.63 bits per heavy atom. The van der Waals surface area contributed by atoms with Crippen LogP contribution in [0.1, 0.15) is 30.4 Å². The molecule has 0 spiro atoms. The monoisotopic (exact) mass is 406 g/mol. The van der Waals surface area contributed by atoms with Crippen molar-refractivity contribution < 1.29 is 14.8 Å². The van der Waals surface area contributed by atoms with E-state index in [9.17, 15) is 19.7 Å². The fraction of sp³-hybridized carbons (Fsp3) is 0.217. The van der Waals surface area contributed by atoms with Gasteiger partial charge in [-0.15, -0.1) is 0 Å². The van der Waals surface area contributed by atoms with Crippen LogP contribution in [0.4, 0.5) is 5.69 Å². The lowest BCUT2D eigenvalue weighted by Gasteiger charge is -2.09. The van der Waals surface area contributed by atoms with Crippen molar-refractivity contribution in [2.75, 3.05) is 0 Å². The van der Waals surface area contributed by atoms with E-state index in [0.29, 0.717) is 24.1 Å². The molecule has 30 heavy (non-hydrogen) atoms. The number of rotatable bonds is 9. The second-order valence-electron chi connectivity index (χ2n) is 7.08. The number of aryl methyl sites for hydroxylation is 1. The Labute approximate surface area is 173 Å². The minimum Gasteiger partial charge on any atom is -0.481 e. The smallest absolute Gasteiger partial charge is 0.303 e. The van der Waals surface area contributed by atoms with Gasteiger partial charge < -0.3 is 9.67 Å². The summed E-state index contributed by atoms with van der Waals surface area (Å²) < 4.78 is 1.61. The number of hydrogen-bond acceptors (Lipinski definition) is 4. The average Bonchev–Trinajstić information content (AvgIpc) is 2.74. The van der Waals surface area contributed by atoms with Gasteiger partial charge in [-0.25, -0.2) is 0 Å². The molecule has 0 atom stereocenters. The van der Waals surface area contributed by atoms with Gasteiger partial charge in [-0.2, -0.15) is 0 Å². The maximum absolute atomic E-state index is 12.9. The molecule has 3 aromatic rings. The van der Waals surface area contributed by atoms with E-state index in [-0.39, 0.29) is 17.7 Å². The molecular formula is C23H22N2O5. The van der Waals surface area contributed by atoms with Crippen molar-refractivity contribution in [3.8, 4) is 11.1 Å². The number of benzene rings is 2. The highest BCUT2D eigenvalue weighted by Gasteiger charge is 2.09. The molecule has 0 bridgehead atoms. The number of carboxylic acid groups (broad SMARTS) is 1. The zero-order valence-electron chi connectivity index (χ0n) is 16.4. The molecule has 154 valence electrons. The summed E-state index contributed by atoms with van der Waals surface area (Å²) in [6.07, 6.45) is 4.20. The zero-order valence-corrected chi connectivity index (χ0v) is 16.4. The first-order chi connectivity index (χ1) is 14.4. The summed E-state index contributed by atoms with van der Waals surface area (Å²) in [4.78, 5) is 33.8. The van der Waals surface area contributed by atoms with E-state index in [2.05, 4.69) is 0 Å². The summed E-state index contributed by atoms with van der Waals surface area (Å²) in [5.74, 6) is -0.772. The molecule has 0 aliphatic rings. The van der Waals surface area contributed by atoms with E-state index in [0.717, 1.165) is 24.0 Å². The molecule has 0 aliphatic heterocycles. The Morgan fingerprint density at radius 1 is 0.967 bits per heavy atom. The van der Waals surface area contributed by atoms with Crippen LogP contribution in [0.3, 0.4) is 0 Å². The number of nitro benzene ring substituents is 1. The van der Waals surface area contributed by atoms with Crippen LogP contribution in [0.25, 0.3) is 11.1 Å². The molecular weight excluding hydrogens is 384 g/mol. The predicted molar refractivity (Wildman–Crippen MR) is 114 cm³/mol. The summed E-state index contributed by atoms with van der Waals surface area (Å²) in [6.45, 7) is 0.416. The first-order valence-corrected chi connectivity index (χ1v) is 9.68. The SMILES string of the molecule is O=C(O)CCCCc1ccc(Cn2cccc(-c3ccc([N+](=O)[O-])cc3)c2=O)cc1. The number of carbonyl (C=O) groups is 1. The number of aliphatic carboxylic acids is 1. The number of aromatic nitrogens is 1. The molecule has 1 aromatic heterocycles. The number of pyridine rings is 1. The van der Waals surface area contributed by atoms with Crippen LogP contribution in [0.2, 0.25) is 0 Å². The zero-order chi connectivity index (χ0) is 21.5. The van der Waals surface area contributed by atoms with Crippen molar-refractivity contribution in [3.63, 3.8) is 0 Å². The summed E-state index contributed by atoms with van der Waals surface area (Å²) in [6, 6.07) is 17.4. The van der Waals surface area contributed by atoms with Crippen molar-refractivity contribution in [3.05, 3.63) is 98.5 Å². The van der Waals surface area contributed by atoms with Crippen molar-refractivity contribution in [2.45, 2.75) is 32.2 Å². The fourth-order valence-electron chi connectivity index (χ4n) is 3.26. The van der Waals surface area contributed by atoms with Gasteiger partial charge >= 0.3 is 5.97 Å². The van der Waals surface area contributed by atoms with Crippen LogP contribution in [-0.2, 0) is 17.8 Å². The van der Waals surface area contributed by atoms with E-state index in [1.54, 1.807) is 35.0 Å². The van der Waals surface area contributed by atoms with Gasteiger partial charge in [0.25, 0.3) is 11.2 Å². The van der Waals surface area contributed by atoms with E-state index in [4.69, 9.17) is 5.11 Å². The Bertz CT molecular complexity index is 1090. The van der Waals surface area contributed by atoms with Gasteiger partial charge in [-0.3, -0.25) is 19.7 Å². The molecule has 0 aliphatic carbocycles. The quantitative estimate of drug-likeness (QED) is 0.325. The molecule has 0 radical (unpaired) electrons. The third-order valence-electron chi connectivity index (χ3n) is 4.89. The number of carboxylic acids is 1. The van der Waals surface area contributed by atoms with Gasteiger partial charge in [-0.1, -0.05) is 24.3 Å². The first-order valence-electron chi connectivity index (χ1n) is 9.68. The standard InChI is InChI=1S/C23H22N2O5/c26-22(27)6-2-1-4-17-7-9-18(10-8-17)16-24-15-3-5-21(23(24)28)19-11-13-20(14-12-19)25(29)30/h3,5,7-15H,1-2,4,6,16H2,(H,26,27). The minimum atomic E-state index is -0.772. The van der Waals surface area contributed by atoms with Crippen molar-refractivity contribution in [1.29, 1.82) is 0 Å². The predicted octanol–water partition coefficient (Wildman–Crippen LogP) is 4.27. The van der Waals surface area contributed by atoms with Crippen LogP contribution in [0.5, 0.6) is 0 Å². The van der Waals surface area contributed by atoms with Gasteiger partial charge in [-0.05, 0) is 60.2 Å². The highest BCUT2D eigenvalue weighted by Crippen LogP contribution is 2.19. The molecule has 7 heteroatoms. The lowest BCUT2D eigenvalue weighted by Crippen LogP contribution is -2.21. The maximum atomic E-state index is 12.9. The molecule has 0 saturated carbocycles. The van der Waals surface area contributed by atoms with Crippen LogP contribution >= 0.6 is 0 Å². The second-order valence-corrected chi connectivity index (χ2v) is 7.08. The molecule has 0 saturated heterocycles.